The number of benzene rings is 1. The van der Waals surface area contributed by atoms with Crippen LogP contribution in [-0.4, -0.2) is 17.7 Å². The minimum atomic E-state index is -0.479. The fourth-order valence-corrected chi connectivity index (χ4v) is 2.27. The third-order valence-corrected chi connectivity index (χ3v) is 3.55. The van der Waals surface area contributed by atoms with E-state index < -0.39 is 12.7 Å². The molecule has 2 heterocycles. The van der Waals surface area contributed by atoms with E-state index in [-0.39, 0.29) is 0 Å². The number of aromatic nitrogens is 1. The molecule has 2 aromatic rings. The number of fused-ring (bicyclic) bond motifs is 1. The van der Waals surface area contributed by atoms with Crippen molar-refractivity contribution in [3.63, 3.8) is 0 Å². The molecule has 0 amide bonds. The van der Waals surface area contributed by atoms with Gasteiger partial charge in [-0.3, -0.25) is 4.98 Å². The van der Waals surface area contributed by atoms with Crippen LogP contribution in [0.4, 0.5) is 0 Å². The largest absolute Gasteiger partial charge is 0.564 e. The summed E-state index contributed by atoms with van der Waals surface area (Å²) in [6, 6.07) is 7.50. The second-order valence-corrected chi connectivity index (χ2v) is 5.50. The Labute approximate surface area is 117 Å². The van der Waals surface area contributed by atoms with E-state index in [2.05, 4.69) is 11.6 Å². The van der Waals surface area contributed by atoms with Gasteiger partial charge in [-0.2, -0.15) is 0 Å². The lowest BCUT2D eigenvalue weighted by atomic mass is 9.77. The van der Waals surface area contributed by atoms with Crippen molar-refractivity contribution in [2.75, 3.05) is 0 Å². The van der Waals surface area contributed by atoms with Gasteiger partial charge in [-0.15, -0.1) is 0 Å². The number of halogens is 1. The molecule has 1 aliphatic rings. The van der Waals surface area contributed by atoms with Gasteiger partial charge in [0.2, 0.25) is 0 Å². The van der Waals surface area contributed by atoms with E-state index in [1.807, 2.05) is 38.1 Å². The summed E-state index contributed by atoms with van der Waals surface area (Å²) in [7, 11) is -0.450. The molecule has 1 saturated heterocycles. The highest BCUT2D eigenvalue weighted by atomic mass is 35.5. The van der Waals surface area contributed by atoms with Crippen LogP contribution in [0.2, 0.25) is 5.02 Å². The summed E-state index contributed by atoms with van der Waals surface area (Å²) in [6.07, 6.45) is 1.73. The molecule has 0 unspecified atom stereocenters. The zero-order valence-corrected chi connectivity index (χ0v) is 11.6. The maximum Gasteiger partial charge on any atom is 0.564 e. The van der Waals surface area contributed by atoms with E-state index in [4.69, 9.17) is 20.9 Å². The molecule has 1 aromatic carbocycles. The Morgan fingerprint density at radius 1 is 1.32 bits per heavy atom. The topological polar surface area (TPSA) is 31.4 Å². The van der Waals surface area contributed by atoms with E-state index in [0.29, 0.717) is 10.8 Å². The molecule has 96 valence electrons. The van der Waals surface area contributed by atoms with Crippen LogP contribution in [-0.2, 0) is 9.31 Å². The summed E-state index contributed by atoms with van der Waals surface area (Å²) < 4.78 is 11.6. The fraction of sp³-hybridized carbons (Fsp3) is 0.214. The van der Waals surface area contributed by atoms with Crippen LogP contribution in [0, 0.1) is 0 Å². The summed E-state index contributed by atoms with van der Waals surface area (Å²) >= 11 is 5.98. The average Bonchev–Trinajstić information content (AvgIpc) is 2.62. The average molecular weight is 274 g/mol. The molecule has 0 radical (unpaired) electrons. The summed E-state index contributed by atoms with van der Waals surface area (Å²) in [5, 5.41) is 1.64. The molecule has 0 atom stereocenters. The van der Waals surface area contributed by atoms with Crippen molar-refractivity contribution >= 4 is 35.1 Å². The Kier molecular flexibility index (Phi) is 2.80. The monoisotopic (exact) mass is 273 g/mol. The van der Waals surface area contributed by atoms with Gasteiger partial charge in [0.05, 0.1) is 11.3 Å². The van der Waals surface area contributed by atoms with E-state index in [1.165, 1.54) is 0 Å². The summed E-state index contributed by atoms with van der Waals surface area (Å²) in [5.74, 6) is 0.636. The minimum Gasteiger partial charge on any atom is -0.534 e. The SMILES string of the molecule is C=C1OB(c2ccnc3cc(Cl)ccc23)OC1(C)C. The van der Waals surface area contributed by atoms with Gasteiger partial charge >= 0.3 is 7.12 Å². The standard InChI is InChI=1S/C14H13BClNO2/c1-9-14(2,3)19-15(18-9)12-6-7-17-13-8-10(16)4-5-11(12)13/h4-8H,1H2,2-3H3. The molecule has 5 heteroatoms. The molecule has 3 nitrogen and oxygen atoms in total. The van der Waals surface area contributed by atoms with Crippen molar-refractivity contribution < 1.29 is 9.31 Å². The summed E-state index contributed by atoms with van der Waals surface area (Å²) in [5.41, 5.74) is 1.29. The summed E-state index contributed by atoms with van der Waals surface area (Å²) in [4.78, 5) is 4.31. The third-order valence-electron chi connectivity index (χ3n) is 3.31. The first kappa shape index (κ1) is 12.5. The zero-order valence-electron chi connectivity index (χ0n) is 10.8. The lowest BCUT2D eigenvalue weighted by Gasteiger charge is -2.15. The van der Waals surface area contributed by atoms with E-state index in [0.717, 1.165) is 16.4 Å². The molecule has 1 aliphatic heterocycles. The lowest BCUT2D eigenvalue weighted by Crippen LogP contribution is -2.35. The van der Waals surface area contributed by atoms with Crippen LogP contribution in [0.3, 0.4) is 0 Å². The molecule has 1 aromatic heterocycles. The second kappa shape index (κ2) is 4.25. The molecule has 0 saturated carbocycles. The number of hydrogen-bond acceptors (Lipinski definition) is 3. The highest BCUT2D eigenvalue weighted by Gasteiger charge is 2.43. The van der Waals surface area contributed by atoms with Gasteiger partial charge in [0.25, 0.3) is 0 Å². The highest BCUT2D eigenvalue weighted by Crippen LogP contribution is 2.30. The molecule has 3 rings (SSSR count). The van der Waals surface area contributed by atoms with E-state index >= 15 is 0 Å². The maximum atomic E-state index is 5.98. The molecule has 1 fully saturated rings. The Hall–Kier alpha value is -1.52. The van der Waals surface area contributed by atoms with E-state index in [9.17, 15) is 0 Å². The Morgan fingerprint density at radius 2 is 2.11 bits per heavy atom. The van der Waals surface area contributed by atoms with Gasteiger partial charge in [-0.05, 0) is 32.0 Å². The Balaban J connectivity index is 2.09. The number of nitrogens with zero attached hydrogens (tertiary/aromatic N) is 1. The van der Waals surface area contributed by atoms with Gasteiger partial charge < -0.3 is 9.31 Å². The van der Waals surface area contributed by atoms with Gasteiger partial charge in [-0.1, -0.05) is 24.2 Å². The number of pyridine rings is 1. The molecular weight excluding hydrogens is 260 g/mol. The van der Waals surface area contributed by atoms with Crippen LogP contribution < -0.4 is 5.46 Å². The van der Waals surface area contributed by atoms with Gasteiger partial charge in [0, 0.05) is 22.1 Å². The minimum absolute atomic E-state index is 0.450. The van der Waals surface area contributed by atoms with Crippen molar-refractivity contribution in [2.45, 2.75) is 19.4 Å². The molecule has 0 bridgehead atoms. The molecule has 0 aliphatic carbocycles. The van der Waals surface area contributed by atoms with Crippen LogP contribution >= 0.6 is 11.6 Å². The van der Waals surface area contributed by atoms with Crippen molar-refractivity contribution in [2.24, 2.45) is 0 Å². The van der Waals surface area contributed by atoms with Crippen molar-refractivity contribution in [3.8, 4) is 0 Å². The highest BCUT2D eigenvalue weighted by molar-refractivity contribution is 6.65. The predicted octanol–water partition coefficient (Wildman–Crippen LogP) is 2.92. The summed E-state index contributed by atoms with van der Waals surface area (Å²) in [6.45, 7) is 7.77. The molecule has 19 heavy (non-hydrogen) atoms. The van der Waals surface area contributed by atoms with Gasteiger partial charge in [-0.25, -0.2) is 0 Å². The second-order valence-electron chi connectivity index (χ2n) is 5.06. The van der Waals surface area contributed by atoms with Gasteiger partial charge in [0.1, 0.15) is 5.60 Å². The molecular formula is C14H13BClNO2. The van der Waals surface area contributed by atoms with Gasteiger partial charge in [0.15, 0.2) is 0 Å². The first-order valence-corrected chi connectivity index (χ1v) is 6.43. The first-order valence-electron chi connectivity index (χ1n) is 6.05. The quantitative estimate of drug-likeness (QED) is 0.749. The predicted molar refractivity (Wildman–Crippen MR) is 77.5 cm³/mol. The van der Waals surface area contributed by atoms with Crippen LogP contribution in [0.15, 0.2) is 42.8 Å². The third kappa shape index (κ3) is 2.11. The normalized spacial score (nSPS) is 17.8. The van der Waals surface area contributed by atoms with Crippen molar-refractivity contribution in [3.05, 3.63) is 47.8 Å². The van der Waals surface area contributed by atoms with Crippen molar-refractivity contribution in [1.82, 2.24) is 4.98 Å². The number of rotatable bonds is 1. The number of hydrogen-bond donors (Lipinski definition) is 0. The Bertz CT molecular complexity index is 672. The molecule has 0 N–H and O–H groups in total. The smallest absolute Gasteiger partial charge is 0.534 e. The zero-order chi connectivity index (χ0) is 13.6. The van der Waals surface area contributed by atoms with Crippen LogP contribution in [0.5, 0.6) is 0 Å². The van der Waals surface area contributed by atoms with Crippen LogP contribution in [0.25, 0.3) is 10.9 Å². The fourth-order valence-electron chi connectivity index (χ4n) is 2.10. The van der Waals surface area contributed by atoms with Crippen molar-refractivity contribution in [1.29, 1.82) is 0 Å². The lowest BCUT2D eigenvalue weighted by molar-refractivity contribution is 0.173. The maximum absolute atomic E-state index is 5.98. The first-order chi connectivity index (χ1) is 8.97. The van der Waals surface area contributed by atoms with Crippen LogP contribution in [0.1, 0.15) is 13.8 Å². The van der Waals surface area contributed by atoms with E-state index in [1.54, 1.807) is 6.20 Å². The molecule has 0 spiro atoms. The Morgan fingerprint density at radius 3 is 2.79 bits per heavy atom.